The Balaban J connectivity index is 1.89. The zero-order valence-corrected chi connectivity index (χ0v) is 10.5. The third-order valence-electron chi connectivity index (χ3n) is 3.00. The van der Waals surface area contributed by atoms with Crippen LogP contribution in [0.3, 0.4) is 0 Å². The number of aromatic nitrogens is 3. The Morgan fingerprint density at radius 3 is 2.88 bits per heavy atom. The van der Waals surface area contributed by atoms with Crippen LogP contribution in [0, 0.1) is 5.92 Å². The van der Waals surface area contributed by atoms with Crippen LogP contribution in [-0.4, -0.2) is 40.5 Å². The molecule has 0 saturated carbocycles. The van der Waals surface area contributed by atoms with Crippen LogP contribution in [-0.2, 0) is 28.1 Å². The molecule has 0 N–H and O–H groups in total. The summed E-state index contributed by atoms with van der Waals surface area (Å²) in [7, 11) is -1.16. The first-order valence-corrected chi connectivity index (χ1v) is 7.33. The van der Waals surface area contributed by atoms with Crippen molar-refractivity contribution in [3.05, 3.63) is 12.2 Å². The summed E-state index contributed by atoms with van der Waals surface area (Å²) in [5, 5.41) is 3.88. The molecule has 1 fully saturated rings. The van der Waals surface area contributed by atoms with E-state index in [1.54, 1.807) is 11.7 Å². The molecule has 6 nitrogen and oxygen atoms in total. The molecule has 2 heterocycles. The smallest absolute Gasteiger partial charge is 0.150 e. The Labute approximate surface area is 100.0 Å². The highest BCUT2D eigenvalue weighted by Gasteiger charge is 2.29. The fourth-order valence-corrected chi connectivity index (χ4v) is 3.95. The fraction of sp³-hybridized carbons (Fsp3) is 0.700. The summed E-state index contributed by atoms with van der Waals surface area (Å²) in [5.41, 5.74) is 0. The summed E-state index contributed by atoms with van der Waals surface area (Å²) < 4.78 is 24.1. The van der Waals surface area contributed by atoms with Gasteiger partial charge in [-0.15, -0.1) is 0 Å². The van der Waals surface area contributed by atoms with Crippen LogP contribution >= 0.6 is 0 Å². The van der Waals surface area contributed by atoms with Crippen molar-refractivity contribution in [1.29, 1.82) is 0 Å². The van der Waals surface area contributed by atoms with E-state index in [-0.39, 0.29) is 29.6 Å². The lowest BCUT2D eigenvalue weighted by Crippen LogP contribution is -2.14. The molecule has 1 saturated heterocycles. The Kier molecular flexibility index (Phi) is 3.28. The number of aryl methyl sites for hydroxylation is 1. The normalized spacial score (nSPS) is 22.8. The molecule has 17 heavy (non-hydrogen) atoms. The maximum Gasteiger partial charge on any atom is 0.150 e. The maximum atomic E-state index is 11.8. The van der Waals surface area contributed by atoms with E-state index in [1.807, 2.05) is 0 Å². The highest BCUT2D eigenvalue weighted by Crippen LogP contribution is 2.22. The van der Waals surface area contributed by atoms with Crippen molar-refractivity contribution in [3.8, 4) is 0 Å². The predicted molar refractivity (Wildman–Crippen MR) is 61.1 cm³/mol. The van der Waals surface area contributed by atoms with Gasteiger partial charge < -0.3 is 0 Å². The van der Waals surface area contributed by atoms with Gasteiger partial charge in [0.25, 0.3) is 0 Å². The molecule has 0 aliphatic carbocycles. The SMILES string of the molecule is Cn1ncnc1CC(=O)CC1CCS(=O)(=O)C1. The van der Waals surface area contributed by atoms with E-state index in [4.69, 9.17) is 0 Å². The van der Waals surface area contributed by atoms with Crippen LogP contribution in [0.5, 0.6) is 0 Å². The Morgan fingerprint density at radius 2 is 2.35 bits per heavy atom. The average Bonchev–Trinajstić information content (AvgIpc) is 2.74. The van der Waals surface area contributed by atoms with Crippen molar-refractivity contribution in [2.24, 2.45) is 13.0 Å². The van der Waals surface area contributed by atoms with Gasteiger partial charge >= 0.3 is 0 Å². The molecule has 1 aliphatic rings. The molecule has 2 rings (SSSR count). The predicted octanol–water partition coefficient (Wildman–Crippen LogP) is -0.249. The monoisotopic (exact) mass is 257 g/mol. The third-order valence-corrected chi connectivity index (χ3v) is 4.84. The van der Waals surface area contributed by atoms with E-state index < -0.39 is 9.84 Å². The first kappa shape index (κ1) is 12.2. The summed E-state index contributed by atoms with van der Waals surface area (Å²) in [5.74, 6) is 1.01. The number of ketones is 1. The topological polar surface area (TPSA) is 81.9 Å². The summed E-state index contributed by atoms with van der Waals surface area (Å²) in [6.07, 6.45) is 2.56. The average molecular weight is 257 g/mol. The summed E-state index contributed by atoms with van der Waals surface area (Å²) in [6.45, 7) is 0. The lowest BCUT2D eigenvalue weighted by atomic mass is 10.0. The zero-order chi connectivity index (χ0) is 12.5. The second kappa shape index (κ2) is 4.56. The van der Waals surface area contributed by atoms with Gasteiger partial charge in [0.1, 0.15) is 17.9 Å². The minimum absolute atomic E-state index is 0.0132. The first-order chi connectivity index (χ1) is 7.96. The molecule has 94 valence electrons. The molecule has 0 aromatic carbocycles. The standard InChI is InChI=1S/C10H15N3O3S/c1-13-10(11-7-12-13)5-9(14)4-8-2-3-17(15,16)6-8/h7-8H,2-6H2,1H3. The molecule has 7 heteroatoms. The largest absolute Gasteiger partial charge is 0.299 e. The number of carbonyl (C=O) groups is 1. The van der Waals surface area contributed by atoms with E-state index in [9.17, 15) is 13.2 Å². The quantitative estimate of drug-likeness (QED) is 0.743. The van der Waals surface area contributed by atoms with Gasteiger partial charge in [-0.2, -0.15) is 5.10 Å². The van der Waals surface area contributed by atoms with Crippen LogP contribution in [0.25, 0.3) is 0 Å². The highest BCUT2D eigenvalue weighted by molar-refractivity contribution is 7.91. The molecule has 1 unspecified atom stereocenters. The Morgan fingerprint density at radius 1 is 1.59 bits per heavy atom. The molecular formula is C10H15N3O3S. The summed E-state index contributed by atoms with van der Waals surface area (Å²) in [4.78, 5) is 15.7. The molecule has 0 radical (unpaired) electrons. The minimum atomic E-state index is -2.90. The highest BCUT2D eigenvalue weighted by atomic mass is 32.2. The van der Waals surface area contributed by atoms with Gasteiger partial charge in [0.15, 0.2) is 9.84 Å². The van der Waals surface area contributed by atoms with Crippen molar-refractivity contribution < 1.29 is 13.2 Å². The third kappa shape index (κ3) is 3.12. The van der Waals surface area contributed by atoms with Crippen LogP contribution < -0.4 is 0 Å². The van der Waals surface area contributed by atoms with Crippen molar-refractivity contribution in [2.75, 3.05) is 11.5 Å². The number of sulfone groups is 1. The lowest BCUT2D eigenvalue weighted by molar-refractivity contribution is -0.119. The van der Waals surface area contributed by atoms with E-state index in [1.165, 1.54) is 6.33 Å². The molecule has 1 aliphatic heterocycles. The molecule has 0 spiro atoms. The molecular weight excluding hydrogens is 242 g/mol. The Hall–Kier alpha value is -1.24. The van der Waals surface area contributed by atoms with Gasteiger partial charge in [-0.05, 0) is 12.3 Å². The van der Waals surface area contributed by atoms with Gasteiger partial charge in [-0.25, -0.2) is 13.4 Å². The van der Waals surface area contributed by atoms with Crippen molar-refractivity contribution in [2.45, 2.75) is 19.3 Å². The van der Waals surface area contributed by atoms with Crippen LogP contribution in [0.1, 0.15) is 18.7 Å². The van der Waals surface area contributed by atoms with Crippen molar-refractivity contribution >= 4 is 15.6 Å². The number of nitrogens with zero attached hydrogens (tertiary/aromatic N) is 3. The molecule has 0 bridgehead atoms. The number of hydrogen-bond acceptors (Lipinski definition) is 5. The van der Waals surface area contributed by atoms with Gasteiger partial charge in [0.05, 0.1) is 17.9 Å². The maximum absolute atomic E-state index is 11.8. The van der Waals surface area contributed by atoms with Crippen LogP contribution in [0.2, 0.25) is 0 Å². The van der Waals surface area contributed by atoms with Crippen LogP contribution in [0.15, 0.2) is 6.33 Å². The van der Waals surface area contributed by atoms with Gasteiger partial charge in [0.2, 0.25) is 0 Å². The van der Waals surface area contributed by atoms with E-state index in [0.717, 1.165) is 0 Å². The molecule has 1 atom stereocenters. The zero-order valence-electron chi connectivity index (χ0n) is 9.66. The van der Waals surface area contributed by atoms with Gasteiger partial charge in [0, 0.05) is 13.5 Å². The van der Waals surface area contributed by atoms with Crippen molar-refractivity contribution in [1.82, 2.24) is 14.8 Å². The first-order valence-electron chi connectivity index (χ1n) is 5.51. The lowest BCUT2D eigenvalue weighted by Gasteiger charge is -2.05. The van der Waals surface area contributed by atoms with Crippen LogP contribution in [0.4, 0.5) is 0 Å². The van der Waals surface area contributed by atoms with E-state index in [2.05, 4.69) is 10.1 Å². The molecule has 1 aromatic heterocycles. The van der Waals surface area contributed by atoms with E-state index >= 15 is 0 Å². The Bertz CT molecular complexity index is 521. The van der Waals surface area contributed by atoms with Gasteiger partial charge in [-0.1, -0.05) is 0 Å². The number of rotatable bonds is 4. The second-order valence-electron chi connectivity index (χ2n) is 4.49. The number of hydrogen-bond donors (Lipinski definition) is 0. The summed E-state index contributed by atoms with van der Waals surface area (Å²) in [6, 6.07) is 0. The van der Waals surface area contributed by atoms with E-state index in [0.29, 0.717) is 18.7 Å². The fourth-order valence-electron chi connectivity index (χ4n) is 2.08. The molecule has 1 aromatic rings. The van der Waals surface area contributed by atoms with Gasteiger partial charge in [-0.3, -0.25) is 9.48 Å². The summed E-state index contributed by atoms with van der Waals surface area (Å²) >= 11 is 0. The minimum Gasteiger partial charge on any atom is -0.299 e. The van der Waals surface area contributed by atoms with Crippen molar-refractivity contribution in [3.63, 3.8) is 0 Å². The number of carbonyl (C=O) groups excluding carboxylic acids is 1. The number of Topliss-reactive ketones (excluding diaryl/α,β-unsaturated/α-hetero) is 1. The second-order valence-corrected chi connectivity index (χ2v) is 6.72. The molecule has 0 amide bonds.